The minimum atomic E-state index is -0.908. The molecule has 1 unspecified atom stereocenters. The number of rotatable bonds is 8. The van der Waals surface area contributed by atoms with Gasteiger partial charge < -0.3 is 15.7 Å². The van der Waals surface area contributed by atoms with Crippen LogP contribution in [0.15, 0.2) is 24.3 Å². The topological polar surface area (TPSA) is 95.5 Å². The molecule has 130 valence electrons. The van der Waals surface area contributed by atoms with Gasteiger partial charge in [-0.1, -0.05) is 19.9 Å². The average Bonchev–Trinajstić information content (AvgIpc) is 3.35. The van der Waals surface area contributed by atoms with Gasteiger partial charge in [0.05, 0.1) is 5.92 Å². The van der Waals surface area contributed by atoms with Gasteiger partial charge in [0.1, 0.15) is 0 Å². The van der Waals surface area contributed by atoms with E-state index >= 15 is 0 Å². The normalized spacial score (nSPS) is 15.0. The summed E-state index contributed by atoms with van der Waals surface area (Å²) in [7, 11) is 0. The SMILES string of the molecule is CC(C)CC(CNC(=O)c1cccc(NC(=O)C2CC2)c1)C(=O)O. The molecule has 0 heterocycles. The molecule has 0 bridgehead atoms. The van der Waals surface area contributed by atoms with Gasteiger partial charge in [0, 0.05) is 23.7 Å². The smallest absolute Gasteiger partial charge is 0.308 e. The van der Waals surface area contributed by atoms with Crippen LogP contribution in [-0.4, -0.2) is 29.4 Å². The fourth-order valence-electron chi connectivity index (χ4n) is 2.49. The highest BCUT2D eigenvalue weighted by Crippen LogP contribution is 2.30. The van der Waals surface area contributed by atoms with E-state index in [-0.39, 0.29) is 30.2 Å². The summed E-state index contributed by atoms with van der Waals surface area (Å²) in [5.74, 6) is -1.54. The van der Waals surface area contributed by atoms with Crippen LogP contribution >= 0.6 is 0 Å². The van der Waals surface area contributed by atoms with Crippen molar-refractivity contribution in [1.82, 2.24) is 5.32 Å². The Morgan fingerprint density at radius 3 is 2.54 bits per heavy atom. The Labute approximate surface area is 141 Å². The average molecular weight is 332 g/mol. The Bertz CT molecular complexity index is 623. The van der Waals surface area contributed by atoms with Crippen LogP contribution in [0.2, 0.25) is 0 Å². The first kappa shape index (κ1) is 18.0. The first-order valence-electron chi connectivity index (χ1n) is 8.28. The summed E-state index contributed by atoms with van der Waals surface area (Å²) in [4.78, 5) is 35.2. The van der Waals surface area contributed by atoms with Gasteiger partial charge in [-0.05, 0) is 43.4 Å². The van der Waals surface area contributed by atoms with Crippen LogP contribution in [0.1, 0.15) is 43.5 Å². The molecule has 1 aliphatic carbocycles. The highest BCUT2D eigenvalue weighted by molar-refractivity contribution is 5.98. The number of amides is 2. The van der Waals surface area contributed by atoms with Crippen LogP contribution < -0.4 is 10.6 Å². The maximum atomic E-state index is 12.2. The maximum absolute atomic E-state index is 12.2. The number of carbonyl (C=O) groups excluding carboxylic acids is 2. The van der Waals surface area contributed by atoms with Crippen molar-refractivity contribution in [2.75, 3.05) is 11.9 Å². The predicted octanol–water partition coefficient (Wildman–Crippen LogP) is 2.51. The Kier molecular flexibility index (Phi) is 5.95. The molecule has 1 aromatic carbocycles. The number of aliphatic carboxylic acids is 1. The van der Waals surface area contributed by atoms with E-state index < -0.39 is 11.9 Å². The monoisotopic (exact) mass is 332 g/mol. The largest absolute Gasteiger partial charge is 0.481 e. The van der Waals surface area contributed by atoms with E-state index in [0.717, 1.165) is 12.8 Å². The van der Waals surface area contributed by atoms with Crippen molar-refractivity contribution < 1.29 is 19.5 Å². The minimum Gasteiger partial charge on any atom is -0.481 e. The van der Waals surface area contributed by atoms with Gasteiger partial charge in [-0.2, -0.15) is 0 Å². The van der Waals surface area contributed by atoms with Crippen molar-refractivity contribution in [3.8, 4) is 0 Å². The zero-order valence-electron chi connectivity index (χ0n) is 14.0. The van der Waals surface area contributed by atoms with Crippen molar-refractivity contribution in [2.24, 2.45) is 17.8 Å². The highest BCUT2D eigenvalue weighted by atomic mass is 16.4. The number of nitrogens with one attached hydrogen (secondary N) is 2. The molecule has 2 rings (SSSR count). The molecule has 0 aliphatic heterocycles. The van der Waals surface area contributed by atoms with E-state index in [0.29, 0.717) is 17.7 Å². The second kappa shape index (κ2) is 7.95. The second-order valence-corrected chi connectivity index (χ2v) is 6.72. The number of hydrogen-bond acceptors (Lipinski definition) is 3. The number of carbonyl (C=O) groups is 3. The van der Waals surface area contributed by atoms with Gasteiger partial charge in [0.15, 0.2) is 0 Å². The summed E-state index contributed by atoms with van der Waals surface area (Å²) in [6.45, 7) is 3.98. The molecule has 0 saturated heterocycles. The molecule has 2 amide bonds. The first-order chi connectivity index (χ1) is 11.4. The molecule has 1 aliphatic rings. The summed E-state index contributed by atoms with van der Waals surface area (Å²) in [5.41, 5.74) is 0.980. The van der Waals surface area contributed by atoms with Crippen molar-refractivity contribution in [3.05, 3.63) is 29.8 Å². The van der Waals surface area contributed by atoms with Crippen molar-refractivity contribution in [1.29, 1.82) is 0 Å². The molecule has 24 heavy (non-hydrogen) atoms. The molecule has 0 spiro atoms. The summed E-state index contributed by atoms with van der Waals surface area (Å²) < 4.78 is 0. The third kappa shape index (κ3) is 5.37. The molecule has 6 nitrogen and oxygen atoms in total. The van der Waals surface area contributed by atoms with Gasteiger partial charge in [-0.3, -0.25) is 14.4 Å². The standard InChI is InChI=1S/C18H24N2O4/c1-11(2)8-14(18(23)24)10-19-16(21)13-4-3-5-15(9-13)20-17(22)12-6-7-12/h3-5,9,11-12,14H,6-8,10H2,1-2H3,(H,19,21)(H,20,22)(H,23,24). The Balaban J connectivity index is 1.93. The van der Waals surface area contributed by atoms with Gasteiger partial charge in [0.2, 0.25) is 5.91 Å². The van der Waals surface area contributed by atoms with Gasteiger partial charge >= 0.3 is 5.97 Å². The molecule has 1 fully saturated rings. The Hall–Kier alpha value is -2.37. The lowest BCUT2D eigenvalue weighted by Crippen LogP contribution is -2.33. The quantitative estimate of drug-likeness (QED) is 0.681. The number of hydrogen-bond donors (Lipinski definition) is 3. The van der Waals surface area contributed by atoms with E-state index in [1.54, 1.807) is 24.3 Å². The lowest BCUT2D eigenvalue weighted by atomic mass is 9.97. The van der Waals surface area contributed by atoms with Crippen LogP contribution in [0.25, 0.3) is 0 Å². The van der Waals surface area contributed by atoms with Gasteiger partial charge in [-0.25, -0.2) is 0 Å². The predicted molar refractivity (Wildman–Crippen MR) is 90.7 cm³/mol. The third-order valence-electron chi connectivity index (χ3n) is 3.95. The van der Waals surface area contributed by atoms with E-state index in [2.05, 4.69) is 10.6 Å². The zero-order chi connectivity index (χ0) is 17.7. The molecule has 1 saturated carbocycles. The minimum absolute atomic E-state index is 0.0181. The van der Waals surface area contributed by atoms with Crippen LogP contribution in [0, 0.1) is 17.8 Å². The van der Waals surface area contributed by atoms with Crippen LogP contribution in [0.5, 0.6) is 0 Å². The lowest BCUT2D eigenvalue weighted by molar-refractivity contribution is -0.142. The summed E-state index contributed by atoms with van der Waals surface area (Å²) in [6, 6.07) is 6.67. The van der Waals surface area contributed by atoms with Gasteiger partial charge in [-0.15, -0.1) is 0 Å². The summed E-state index contributed by atoms with van der Waals surface area (Å²) >= 11 is 0. The molecular weight excluding hydrogens is 308 g/mol. The molecule has 0 aromatic heterocycles. The molecule has 3 N–H and O–H groups in total. The highest BCUT2D eigenvalue weighted by Gasteiger charge is 2.29. The van der Waals surface area contributed by atoms with E-state index in [4.69, 9.17) is 0 Å². The van der Waals surface area contributed by atoms with Crippen LogP contribution in [0.4, 0.5) is 5.69 Å². The fourth-order valence-corrected chi connectivity index (χ4v) is 2.49. The van der Waals surface area contributed by atoms with Gasteiger partial charge in [0.25, 0.3) is 5.91 Å². The maximum Gasteiger partial charge on any atom is 0.308 e. The second-order valence-electron chi connectivity index (χ2n) is 6.72. The molecule has 1 atom stereocenters. The number of anilines is 1. The Morgan fingerprint density at radius 1 is 1.25 bits per heavy atom. The number of carboxylic acid groups (broad SMARTS) is 1. The summed E-state index contributed by atoms with van der Waals surface area (Å²) in [5, 5.41) is 14.7. The summed E-state index contributed by atoms with van der Waals surface area (Å²) in [6.07, 6.45) is 2.34. The number of benzene rings is 1. The van der Waals surface area contributed by atoms with E-state index in [1.807, 2.05) is 13.8 Å². The molecule has 0 radical (unpaired) electrons. The molecule has 1 aromatic rings. The van der Waals surface area contributed by atoms with Crippen molar-refractivity contribution in [3.63, 3.8) is 0 Å². The van der Waals surface area contributed by atoms with Crippen molar-refractivity contribution in [2.45, 2.75) is 33.1 Å². The number of carboxylic acids is 1. The fraction of sp³-hybridized carbons (Fsp3) is 0.500. The van der Waals surface area contributed by atoms with Crippen molar-refractivity contribution >= 4 is 23.5 Å². The Morgan fingerprint density at radius 2 is 1.96 bits per heavy atom. The van der Waals surface area contributed by atoms with E-state index in [1.165, 1.54) is 0 Å². The van der Waals surface area contributed by atoms with E-state index in [9.17, 15) is 19.5 Å². The molecular formula is C18H24N2O4. The first-order valence-corrected chi connectivity index (χ1v) is 8.28. The lowest BCUT2D eigenvalue weighted by Gasteiger charge is -2.15. The van der Waals surface area contributed by atoms with Crippen LogP contribution in [0.3, 0.4) is 0 Å². The third-order valence-corrected chi connectivity index (χ3v) is 3.95. The van der Waals surface area contributed by atoms with Crippen LogP contribution in [-0.2, 0) is 9.59 Å². The molecule has 6 heteroatoms. The zero-order valence-corrected chi connectivity index (χ0v) is 14.0.